The summed E-state index contributed by atoms with van der Waals surface area (Å²) in [4.78, 5) is 16.9. The van der Waals surface area contributed by atoms with Crippen molar-refractivity contribution in [1.29, 1.82) is 0 Å². The zero-order valence-electron chi connectivity index (χ0n) is 9.10. The third-order valence-corrected chi connectivity index (χ3v) is 3.33. The highest BCUT2D eigenvalue weighted by Crippen LogP contribution is 2.33. The molecule has 84 valence electrons. The topological polar surface area (TPSA) is 38.7 Å². The fraction of sp³-hybridized carbons (Fsp3) is 0.333. The number of carbonyl (C=O) groups excluding carboxylic acids is 1. The van der Waals surface area contributed by atoms with E-state index in [4.69, 9.17) is 4.74 Å². The van der Waals surface area contributed by atoms with Crippen LogP contribution in [0.4, 0.5) is 5.69 Å². The van der Waals surface area contributed by atoms with Gasteiger partial charge >= 0.3 is 5.97 Å². The number of carbonyl (C=O) groups is 1. The lowest BCUT2D eigenvalue weighted by Crippen LogP contribution is -2.14. The van der Waals surface area contributed by atoms with Crippen molar-refractivity contribution in [1.82, 2.24) is 0 Å². The summed E-state index contributed by atoms with van der Waals surface area (Å²) in [5, 5.41) is 0. The number of nitrogens with zero attached hydrogens (tertiary/aromatic N) is 1. The Balaban J connectivity index is 2.09. The molecule has 3 nitrogen and oxygen atoms in total. The maximum Gasteiger partial charge on any atom is 0.311 e. The first-order valence-electron chi connectivity index (χ1n) is 5.23. The monoisotopic (exact) mass is 235 g/mol. The van der Waals surface area contributed by atoms with E-state index >= 15 is 0 Å². The zero-order chi connectivity index (χ0) is 11.4. The second kappa shape index (κ2) is 5.16. The van der Waals surface area contributed by atoms with Gasteiger partial charge in [0.05, 0.1) is 18.7 Å². The molecular weight excluding hydrogens is 222 g/mol. The van der Waals surface area contributed by atoms with Crippen LogP contribution in [-0.2, 0) is 9.53 Å². The molecule has 1 aliphatic rings. The van der Waals surface area contributed by atoms with Gasteiger partial charge in [-0.15, -0.1) is 11.8 Å². The SMILES string of the molecule is CCOC(=O)CC1=Nc2ccccc2SC1. The molecule has 0 bridgehead atoms. The minimum atomic E-state index is -0.193. The number of hydrogen-bond acceptors (Lipinski definition) is 4. The summed E-state index contributed by atoms with van der Waals surface area (Å²) in [7, 11) is 0. The van der Waals surface area contributed by atoms with Crippen LogP contribution in [0.2, 0.25) is 0 Å². The van der Waals surface area contributed by atoms with Gasteiger partial charge in [0.2, 0.25) is 0 Å². The fourth-order valence-electron chi connectivity index (χ4n) is 1.50. The number of esters is 1. The molecule has 0 spiro atoms. The van der Waals surface area contributed by atoms with E-state index in [1.165, 1.54) is 4.90 Å². The smallest absolute Gasteiger partial charge is 0.311 e. The van der Waals surface area contributed by atoms with Crippen LogP contribution in [0.1, 0.15) is 13.3 Å². The number of ether oxygens (including phenoxy) is 1. The number of rotatable bonds is 3. The van der Waals surface area contributed by atoms with Crippen LogP contribution in [-0.4, -0.2) is 24.0 Å². The van der Waals surface area contributed by atoms with Gasteiger partial charge in [-0.1, -0.05) is 12.1 Å². The molecule has 0 saturated heterocycles. The first-order chi connectivity index (χ1) is 7.79. The summed E-state index contributed by atoms with van der Waals surface area (Å²) in [6.45, 7) is 2.24. The van der Waals surface area contributed by atoms with Gasteiger partial charge in [-0.2, -0.15) is 0 Å². The van der Waals surface area contributed by atoms with E-state index in [0.717, 1.165) is 17.2 Å². The number of para-hydroxylation sites is 1. The van der Waals surface area contributed by atoms with E-state index < -0.39 is 0 Å². The van der Waals surface area contributed by atoms with Crippen molar-refractivity contribution in [3.63, 3.8) is 0 Å². The standard InChI is InChI=1S/C12H13NO2S/c1-2-15-12(14)7-9-8-16-11-6-4-3-5-10(11)13-9/h3-6H,2,7-8H2,1H3. The maximum absolute atomic E-state index is 11.3. The average Bonchev–Trinajstić information content (AvgIpc) is 2.29. The minimum absolute atomic E-state index is 0.193. The highest BCUT2D eigenvalue weighted by molar-refractivity contribution is 8.00. The second-order valence-corrected chi connectivity index (χ2v) is 4.43. The largest absolute Gasteiger partial charge is 0.466 e. The maximum atomic E-state index is 11.3. The molecular formula is C12H13NO2S. The summed E-state index contributed by atoms with van der Waals surface area (Å²) in [6.07, 6.45) is 0.301. The summed E-state index contributed by atoms with van der Waals surface area (Å²) in [5.74, 6) is 0.580. The van der Waals surface area contributed by atoms with E-state index in [1.54, 1.807) is 11.8 Å². The van der Waals surface area contributed by atoms with Crippen LogP contribution in [0.5, 0.6) is 0 Å². The van der Waals surface area contributed by atoms with E-state index in [1.807, 2.05) is 31.2 Å². The normalized spacial score (nSPS) is 13.9. The van der Waals surface area contributed by atoms with Crippen molar-refractivity contribution in [3.05, 3.63) is 24.3 Å². The lowest BCUT2D eigenvalue weighted by Gasteiger charge is -2.14. The lowest BCUT2D eigenvalue weighted by atomic mass is 10.2. The molecule has 0 aliphatic carbocycles. The fourth-order valence-corrected chi connectivity index (χ4v) is 2.43. The molecule has 0 aromatic heterocycles. The molecule has 1 heterocycles. The van der Waals surface area contributed by atoms with Gasteiger partial charge in [0.15, 0.2) is 0 Å². The molecule has 0 unspecified atom stereocenters. The summed E-state index contributed by atoms with van der Waals surface area (Å²) < 4.78 is 4.90. The van der Waals surface area contributed by atoms with E-state index in [9.17, 15) is 4.79 Å². The third kappa shape index (κ3) is 2.64. The number of aliphatic imine (C=N–C) groups is 1. The van der Waals surface area contributed by atoms with Gasteiger partial charge in [-0.05, 0) is 19.1 Å². The summed E-state index contributed by atoms with van der Waals surface area (Å²) in [6, 6.07) is 7.96. The van der Waals surface area contributed by atoms with Gasteiger partial charge in [0, 0.05) is 16.4 Å². The zero-order valence-corrected chi connectivity index (χ0v) is 9.92. The molecule has 0 radical (unpaired) electrons. The third-order valence-electron chi connectivity index (χ3n) is 2.19. The van der Waals surface area contributed by atoms with Gasteiger partial charge in [0.25, 0.3) is 0 Å². The predicted molar refractivity (Wildman–Crippen MR) is 65.5 cm³/mol. The predicted octanol–water partition coefficient (Wildman–Crippen LogP) is 2.82. The number of fused-ring (bicyclic) bond motifs is 1. The number of hydrogen-bond donors (Lipinski definition) is 0. The van der Waals surface area contributed by atoms with Crippen LogP contribution in [0, 0.1) is 0 Å². The molecule has 0 amide bonds. The quantitative estimate of drug-likeness (QED) is 0.756. The number of thioether (sulfide) groups is 1. The first kappa shape index (κ1) is 11.2. The van der Waals surface area contributed by atoms with E-state index in [-0.39, 0.29) is 5.97 Å². The molecule has 1 aromatic carbocycles. The molecule has 0 saturated carbocycles. The first-order valence-corrected chi connectivity index (χ1v) is 6.22. The van der Waals surface area contributed by atoms with Crippen LogP contribution in [0.15, 0.2) is 34.2 Å². The Labute approximate surface area is 98.9 Å². The van der Waals surface area contributed by atoms with E-state index in [0.29, 0.717) is 13.0 Å². The van der Waals surface area contributed by atoms with Gasteiger partial charge in [-0.25, -0.2) is 0 Å². The Kier molecular flexibility index (Phi) is 3.62. The molecule has 1 aliphatic heterocycles. The molecule has 4 heteroatoms. The Morgan fingerprint density at radius 1 is 1.50 bits per heavy atom. The summed E-state index contributed by atoms with van der Waals surface area (Å²) >= 11 is 1.72. The summed E-state index contributed by atoms with van der Waals surface area (Å²) in [5.41, 5.74) is 1.85. The van der Waals surface area contributed by atoms with Crippen LogP contribution < -0.4 is 0 Å². The Morgan fingerprint density at radius 2 is 2.31 bits per heavy atom. The van der Waals surface area contributed by atoms with Crippen molar-refractivity contribution in [2.24, 2.45) is 4.99 Å². The second-order valence-electron chi connectivity index (χ2n) is 3.42. The minimum Gasteiger partial charge on any atom is -0.466 e. The average molecular weight is 235 g/mol. The van der Waals surface area contributed by atoms with Crippen LogP contribution in [0.25, 0.3) is 0 Å². The Bertz CT molecular complexity index is 429. The molecule has 1 aromatic rings. The highest BCUT2D eigenvalue weighted by atomic mass is 32.2. The number of benzene rings is 1. The van der Waals surface area contributed by atoms with Crippen molar-refractivity contribution in [2.75, 3.05) is 12.4 Å². The molecule has 0 N–H and O–H groups in total. The van der Waals surface area contributed by atoms with Gasteiger partial charge in [0.1, 0.15) is 0 Å². The van der Waals surface area contributed by atoms with E-state index in [2.05, 4.69) is 4.99 Å². The molecule has 2 rings (SSSR count). The molecule has 0 atom stereocenters. The molecule has 16 heavy (non-hydrogen) atoms. The highest BCUT2D eigenvalue weighted by Gasteiger charge is 2.15. The molecule has 0 fully saturated rings. The Hall–Kier alpha value is -1.29. The van der Waals surface area contributed by atoms with Crippen molar-refractivity contribution < 1.29 is 9.53 Å². The van der Waals surface area contributed by atoms with Crippen molar-refractivity contribution in [2.45, 2.75) is 18.2 Å². The van der Waals surface area contributed by atoms with Crippen molar-refractivity contribution >= 4 is 29.1 Å². The van der Waals surface area contributed by atoms with Crippen LogP contribution in [0.3, 0.4) is 0 Å². The van der Waals surface area contributed by atoms with Crippen molar-refractivity contribution in [3.8, 4) is 0 Å². The lowest BCUT2D eigenvalue weighted by molar-refractivity contribution is -0.141. The Morgan fingerprint density at radius 3 is 3.12 bits per heavy atom. The van der Waals surface area contributed by atoms with Crippen LogP contribution >= 0.6 is 11.8 Å². The van der Waals surface area contributed by atoms with Gasteiger partial charge in [-0.3, -0.25) is 9.79 Å². The van der Waals surface area contributed by atoms with Gasteiger partial charge < -0.3 is 4.74 Å².